The molecule has 1 amide bonds. The Bertz CT molecular complexity index is 731. The van der Waals surface area contributed by atoms with Gasteiger partial charge in [0.1, 0.15) is 6.07 Å². The molecule has 1 atom stereocenters. The summed E-state index contributed by atoms with van der Waals surface area (Å²) in [6.45, 7) is 3.76. The average molecular weight is 327 g/mol. The number of amides is 1. The van der Waals surface area contributed by atoms with Crippen molar-refractivity contribution in [3.8, 4) is 6.07 Å². The number of nitriles is 1. The molecule has 1 aromatic rings. The van der Waals surface area contributed by atoms with E-state index in [0.717, 1.165) is 11.3 Å². The van der Waals surface area contributed by atoms with Gasteiger partial charge < -0.3 is 4.74 Å². The van der Waals surface area contributed by atoms with Crippen molar-refractivity contribution in [3.63, 3.8) is 0 Å². The first kappa shape index (κ1) is 17.1. The highest BCUT2D eigenvalue weighted by Crippen LogP contribution is 2.18. The molecule has 24 heavy (non-hydrogen) atoms. The third-order valence-electron chi connectivity index (χ3n) is 3.31. The van der Waals surface area contributed by atoms with Gasteiger partial charge in [0.15, 0.2) is 0 Å². The van der Waals surface area contributed by atoms with E-state index in [2.05, 4.69) is 21.1 Å². The standard InChI is InChI=1S/C16H17N5O3/c1-3-24-16(23)13(9-17)19-18-12-6-4-11(5-7-12)15-10(2)8-14(22)20-21-15/h4-7,10,18H,3,8H2,1-2H3,(H,20,22). The number of benzene rings is 1. The largest absolute Gasteiger partial charge is 0.461 e. The van der Waals surface area contributed by atoms with Crippen LogP contribution in [0.5, 0.6) is 0 Å². The molecule has 2 rings (SSSR count). The van der Waals surface area contributed by atoms with E-state index >= 15 is 0 Å². The smallest absolute Gasteiger partial charge is 0.369 e. The Labute approximate surface area is 139 Å². The molecule has 8 nitrogen and oxygen atoms in total. The van der Waals surface area contributed by atoms with Crippen molar-refractivity contribution in [2.75, 3.05) is 12.0 Å². The van der Waals surface area contributed by atoms with Gasteiger partial charge in [0.25, 0.3) is 0 Å². The van der Waals surface area contributed by atoms with Crippen molar-refractivity contribution >= 4 is 29.0 Å². The summed E-state index contributed by atoms with van der Waals surface area (Å²) in [6, 6.07) is 8.81. The maximum Gasteiger partial charge on any atom is 0.369 e. The van der Waals surface area contributed by atoms with Gasteiger partial charge in [0, 0.05) is 12.3 Å². The van der Waals surface area contributed by atoms with Gasteiger partial charge in [-0.3, -0.25) is 10.2 Å². The average Bonchev–Trinajstić information content (AvgIpc) is 2.56. The third kappa shape index (κ3) is 4.16. The molecular weight excluding hydrogens is 310 g/mol. The molecule has 0 fully saturated rings. The Balaban J connectivity index is 2.09. The number of carbonyl (C=O) groups excluding carboxylic acids is 2. The second-order valence-electron chi connectivity index (χ2n) is 5.12. The van der Waals surface area contributed by atoms with E-state index in [4.69, 9.17) is 10.00 Å². The summed E-state index contributed by atoms with van der Waals surface area (Å²) in [5.74, 6) is -0.836. The summed E-state index contributed by atoms with van der Waals surface area (Å²) in [6.07, 6.45) is 0.397. The molecule has 1 aliphatic heterocycles. The predicted octanol–water partition coefficient (Wildman–Crippen LogP) is 1.40. The van der Waals surface area contributed by atoms with Crippen molar-refractivity contribution in [1.82, 2.24) is 5.43 Å². The number of hydrogen-bond donors (Lipinski definition) is 2. The molecule has 124 valence electrons. The van der Waals surface area contributed by atoms with Gasteiger partial charge >= 0.3 is 5.97 Å². The lowest BCUT2D eigenvalue weighted by Gasteiger charge is -2.19. The van der Waals surface area contributed by atoms with Crippen LogP contribution in [0.1, 0.15) is 25.8 Å². The van der Waals surface area contributed by atoms with Crippen molar-refractivity contribution in [2.24, 2.45) is 16.1 Å². The first-order valence-corrected chi connectivity index (χ1v) is 7.43. The highest BCUT2D eigenvalue weighted by molar-refractivity contribution is 6.43. The lowest BCUT2D eigenvalue weighted by molar-refractivity contribution is -0.134. The number of rotatable bonds is 5. The monoisotopic (exact) mass is 327 g/mol. The van der Waals surface area contributed by atoms with Gasteiger partial charge in [-0.25, -0.2) is 10.2 Å². The molecule has 0 radical (unpaired) electrons. The van der Waals surface area contributed by atoms with Crippen LogP contribution >= 0.6 is 0 Å². The van der Waals surface area contributed by atoms with Crippen LogP contribution in [0.2, 0.25) is 0 Å². The molecule has 0 spiro atoms. The second kappa shape index (κ2) is 7.87. The molecule has 1 aliphatic rings. The summed E-state index contributed by atoms with van der Waals surface area (Å²) in [5.41, 5.74) is 7.04. The lowest BCUT2D eigenvalue weighted by atomic mass is 9.94. The Morgan fingerprint density at radius 1 is 1.50 bits per heavy atom. The molecule has 8 heteroatoms. The number of ether oxygens (including phenoxy) is 1. The lowest BCUT2D eigenvalue weighted by Crippen LogP contribution is -2.31. The Morgan fingerprint density at radius 2 is 2.21 bits per heavy atom. The molecule has 1 aromatic carbocycles. The predicted molar refractivity (Wildman–Crippen MR) is 88.2 cm³/mol. The first-order valence-electron chi connectivity index (χ1n) is 7.43. The van der Waals surface area contributed by atoms with E-state index in [1.165, 1.54) is 0 Å². The van der Waals surface area contributed by atoms with Crippen LogP contribution < -0.4 is 10.9 Å². The minimum Gasteiger partial charge on any atom is -0.461 e. The SMILES string of the molecule is CCOC(=O)C(C#N)=NNc1ccc(C2=NNC(=O)CC2C)cc1. The number of nitrogens with one attached hydrogen (secondary N) is 2. The van der Waals surface area contributed by atoms with Gasteiger partial charge in [-0.1, -0.05) is 19.1 Å². The summed E-state index contributed by atoms with van der Waals surface area (Å²) in [5, 5.41) is 16.7. The number of carbonyl (C=O) groups is 2. The van der Waals surface area contributed by atoms with E-state index < -0.39 is 5.97 Å². The van der Waals surface area contributed by atoms with E-state index in [1.54, 1.807) is 25.1 Å². The molecule has 1 heterocycles. The minimum atomic E-state index is -0.773. The summed E-state index contributed by atoms with van der Waals surface area (Å²) in [7, 11) is 0. The van der Waals surface area contributed by atoms with E-state index in [1.807, 2.05) is 19.1 Å². The van der Waals surface area contributed by atoms with Crippen LogP contribution in [-0.4, -0.2) is 29.9 Å². The molecule has 0 aliphatic carbocycles. The summed E-state index contributed by atoms with van der Waals surface area (Å²) in [4.78, 5) is 22.7. The number of hydrogen-bond acceptors (Lipinski definition) is 7. The zero-order valence-corrected chi connectivity index (χ0v) is 13.4. The van der Waals surface area contributed by atoms with Crippen LogP contribution in [0.3, 0.4) is 0 Å². The highest BCUT2D eigenvalue weighted by Gasteiger charge is 2.21. The van der Waals surface area contributed by atoms with Gasteiger partial charge in [-0.05, 0) is 24.6 Å². The molecule has 0 bridgehead atoms. The van der Waals surface area contributed by atoms with Gasteiger partial charge in [-0.2, -0.15) is 15.5 Å². The summed E-state index contributed by atoms with van der Waals surface area (Å²) >= 11 is 0. The number of hydrazone groups is 2. The fourth-order valence-corrected chi connectivity index (χ4v) is 2.15. The fourth-order valence-electron chi connectivity index (χ4n) is 2.15. The zero-order valence-electron chi connectivity index (χ0n) is 13.4. The normalized spacial score (nSPS) is 17.4. The highest BCUT2D eigenvalue weighted by atomic mass is 16.5. The fraction of sp³-hybridized carbons (Fsp3) is 0.312. The van der Waals surface area contributed by atoms with E-state index in [-0.39, 0.29) is 24.1 Å². The Hall–Kier alpha value is -3.21. The van der Waals surface area contributed by atoms with Crippen molar-refractivity contribution < 1.29 is 14.3 Å². The van der Waals surface area contributed by atoms with E-state index in [9.17, 15) is 9.59 Å². The van der Waals surface area contributed by atoms with Crippen molar-refractivity contribution in [3.05, 3.63) is 29.8 Å². The maximum atomic E-state index is 11.5. The molecule has 0 saturated carbocycles. The van der Waals surface area contributed by atoms with Gasteiger partial charge in [0.2, 0.25) is 11.6 Å². The van der Waals surface area contributed by atoms with Crippen LogP contribution in [0, 0.1) is 17.2 Å². The Kier molecular flexibility index (Phi) is 5.63. The molecular formula is C16H17N5O3. The van der Waals surface area contributed by atoms with Crippen molar-refractivity contribution in [2.45, 2.75) is 20.3 Å². The quantitative estimate of drug-likeness (QED) is 0.482. The molecule has 1 unspecified atom stereocenters. The van der Waals surface area contributed by atoms with Gasteiger partial charge in [0.05, 0.1) is 18.0 Å². The number of esters is 1. The summed E-state index contributed by atoms with van der Waals surface area (Å²) < 4.78 is 4.72. The number of anilines is 1. The van der Waals surface area contributed by atoms with Crippen molar-refractivity contribution in [1.29, 1.82) is 5.26 Å². The van der Waals surface area contributed by atoms with Gasteiger partial charge in [-0.15, -0.1) is 0 Å². The third-order valence-corrected chi connectivity index (χ3v) is 3.31. The topological polar surface area (TPSA) is 116 Å². The minimum absolute atomic E-state index is 0.0320. The van der Waals surface area contributed by atoms with E-state index in [0.29, 0.717) is 12.1 Å². The van der Waals surface area contributed by atoms with Crippen LogP contribution in [-0.2, 0) is 14.3 Å². The number of nitrogens with zero attached hydrogens (tertiary/aromatic N) is 3. The second-order valence-corrected chi connectivity index (χ2v) is 5.12. The van der Waals surface area contributed by atoms with Crippen LogP contribution in [0.25, 0.3) is 0 Å². The zero-order chi connectivity index (χ0) is 17.5. The molecule has 2 N–H and O–H groups in total. The molecule has 0 saturated heterocycles. The van der Waals surface area contributed by atoms with Crippen LogP contribution in [0.15, 0.2) is 34.5 Å². The van der Waals surface area contributed by atoms with Crippen LogP contribution in [0.4, 0.5) is 5.69 Å². The Morgan fingerprint density at radius 3 is 2.79 bits per heavy atom. The maximum absolute atomic E-state index is 11.5. The first-order chi connectivity index (χ1) is 11.5. The molecule has 0 aromatic heterocycles.